The van der Waals surface area contributed by atoms with Crippen LogP contribution in [0.2, 0.25) is 0 Å². The maximum atomic E-state index is 12.6. The molecule has 2 aromatic heterocycles. The highest BCUT2D eigenvalue weighted by molar-refractivity contribution is 7.20. The molecule has 2 heterocycles. The summed E-state index contributed by atoms with van der Waals surface area (Å²) in [5, 5.41) is 0.535. The molecule has 1 amide bonds. The summed E-state index contributed by atoms with van der Waals surface area (Å²) in [6.07, 6.45) is -3.22. The maximum absolute atomic E-state index is 12.6. The molecule has 0 aliphatic carbocycles. The van der Waals surface area contributed by atoms with Gasteiger partial charge in [0.25, 0.3) is 5.91 Å². The second-order valence-electron chi connectivity index (χ2n) is 5.83. The van der Waals surface area contributed by atoms with Crippen LogP contribution >= 0.6 is 11.3 Å². The van der Waals surface area contributed by atoms with Crippen molar-refractivity contribution in [2.75, 3.05) is 12.0 Å². The van der Waals surface area contributed by atoms with Gasteiger partial charge in [0.2, 0.25) is 0 Å². The van der Waals surface area contributed by atoms with E-state index < -0.39 is 23.6 Å². The van der Waals surface area contributed by atoms with Gasteiger partial charge in [0, 0.05) is 5.56 Å². The number of hydrazine groups is 1. The molecule has 0 saturated heterocycles. The topological polar surface area (TPSA) is 93.2 Å². The lowest BCUT2D eigenvalue weighted by molar-refractivity contribution is -0.137. The number of nitrogens with zero attached hydrogens (tertiary/aromatic N) is 2. The van der Waals surface area contributed by atoms with E-state index in [0.717, 1.165) is 35.6 Å². The third-order valence-electron chi connectivity index (χ3n) is 3.96. The Morgan fingerprint density at radius 2 is 1.86 bits per heavy atom. The number of hydrogen-bond donors (Lipinski definition) is 2. The van der Waals surface area contributed by atoms with Crippen molar-refractivity contribution in [2.24, 2.45) is 0 Å². The number of carbonyl (C=O) groups is 2. The lowest BCUT2D eigenvalue weighted by Gasteiger charge is -2.10. The van der Waals surface area contributed by atoms with Gasteiger partial charge in [-0.15, -0.1) is 11.3 Å². The number of esters is 1. The van der Waals surface area contributed by atoms with Crippen LogP contribution in [-0.2, 0) is 10.9 Å². The number of fused-ring (bicyclic) bond motifs is 1. The lowest BCUT2D eigenvalue weighted by Crippen LogP contribution is -2.30. The van der Waals surface area contributed by atoms with E-state index in [2.05, 4.69) is 20.8 Å². The standard InChI is InChI=1S/C18H15F3N4O3S/c1-3-28-17(27)13-9(2)12-14(22-8-23-16(12)29-13)24-25-15(26)10-4-6-11(7-5-10)18(19,20)21/h4-8H,3H2,1-2H3,(H,25,26)(H,22,23,24). The van der Waals surface area contributed by atoms with E-state index in [4.69, 9.17) is 4.74 Å². The number of benzene rings is 1. The second kappa shape index (κ2) is 8.03. The van der Waals surface area contributed by atoms with Crippen LogP contribution < -0.4 is 10.9 Å². The fourth-order valence-corrected chi connectivity index (χ4v) is 3.60. The summed E-state index contributed by atoms with van der Waals surface area (Å²) in [6.45, 7) is 3.63. The summed E-state index contributed by atoms with van der Waals surface area (Å²) >= 11 is 1.14. The number of anilines is 1. The Kier molecular flexibility index (Phi) is 5.69. The van der Waals surface area contributed by atoms with Crippen molar-refractivity contribution in [3.63, 3.8) is 0 Å². The molecule has 0 bridgehead atoms. The highest BCUT2D eigenvalue weighted by Gasteiger charge is 2.30. The second-order valence-corrected chi connectivity index (χ2v) is 6.83. The normalized spacial score (nSPS) is 11.3. The Morgan fingerprint density at radius 3 is 2.48 bits per heavy atom. The van der Waals surface area contributed by atoms with Gasteiger partial charge in [0.15, 0.2) is 5.82 Å². The first-order valence-electron chi connectivity index (χ1n) is 8.37. The molecule has 0 unspecified atom stereocenters. The Hall–Kier alpha value is -3.21. The molecular formula is C18H15F3N4O3S. The van der Waals surface area contributed by atoms with Crippen LogP contribution in [0.25, 0.3) is 10.2 Å². The number of amides is 1. The average Bonchev–Trinajstić information content (AvgIpc) is 3.03. The smallest absolute Gasteiger partial charge is 0.416 e. The quantitative estimate of drug-likeness (QED) is 0.476. The van der Waals surface area contributed by atoms with Crippen LogP contribution in [0.1, 0.15) is 38.1 Å². The summed E-state index contributed by atoms with van der Waals surface area (Å²) < 4.78 is 42.9. The highest BCUT2D eigenvalue weighted by atomic mass is 32.1. The molecule has 2 N–H and O–H groups in total. The first-order chi connectivity index (χ1) is 13.7. The van der Waals surface area contributed by atoms with Crippen LogP contribution in [0, 0.1) is 6.92 Å². The number of aryl methyl sites for hydroxylation is 1. The van der Waals surface area contributed by atoms with E-state index in [1.54, 1.807) is 13.8 Å². The van der Waals surface area contributed by atoms with Gasteiger partial charge in [-0.25, -0.2) is 14.8 Å². The number of hydrogen-bond acceptors (Lipinski definition) is 7. The van der Waals surface area contributed by atoms with Crippen molar-refractivity contribution in [2.45, 2.75) is 20.0 Å². The molecular weight excluding hydrogens is 409 g/mol. The SMILES string of the molecule is CCOC(=O)c1sc2ncnc(NNC(=O)c3ccc(C(F)(F)F)cc3)c2c1C. The average molecular weight is 424 g/mol. The van der Waals surface area contributed by atoms with E-state index in [1.807, 2.05) is 0 Å². The molecule has 3 rings (SSSR count). The zero-order valence-electron chi connectivity index (χ0n) is 15.3. The Labute approximate surface area is 166 Å². The van der Waals surface area contributed by atoms with Gasteiger partial charge in [-0.1, -0.05) is 0 Å². The van der Waals surface area contributed by atoms with Crippen molar-refractivity contribution in [1.82, 2.24) is 15.4 Å². The van der Waals surface area contributed by atoms with Crippen LogP contribution in [0.4, 0.5) is 19.0 Å². The van der Waals surface area contributed by atoms with Crippen molar-refractivity contribution in [3.8, 4) is 0 Å². The van der Waals surface area contributed by atoms with Crippen LogP contribution in [0.15, 0.2) is 30.6 Å². The number of carbonyl (C=O) groups excluding carboxylic acids is 2. The maximum Gasteiger partial charge on any atom is 0.416 e. The first kappa shape index (κ1) is 20.5. The molecule has 0 aliphatic heterocycles. The predicted molar refractivity (Wildman–Crippen MR) is 101 cm³/mol. The lowest BCUT2D eigenvalue weighted by atomic mass is 10.1. The molecule has 7 nitrogen and oxygen atoms in total. The van der Waals surface area contributed by atoms with E-state index in [0.29, 0.717) is 20.7 Å². The van der Waals surface area contributed by atoms with Crippen molar-refractivity contribution in [3.05, 3.63) is 52.2 Å². The van der Waals surface area contributed by atoms with E-state index in [1.165, 1.54) is 6.33 Å². The zero-order valence-corrected chi connectivity index (χ0v) is 16.1. The summed E-state index contributed by atoms with van der Waals surface area (Å²) in [6, 6.07) is 3.80. The first-order valence-corrected chi connectivity index (χ1v) is 9.18. The van der Waals surface area contributed by atoms with Gasteiger partial charge in [-0.3, -0.25) is 15.6 Å². The number of aromatic nitrogens is 2. The minimum Gasteiger partial charge on any atom is -0.462 e. The number of halogens is 3. The molecule has 3 aromatic rings. The molecule has 0 fully saturated rings. The molecule has 0 radical (unpaired) electrons. The fraction of sp³-hybridized carbons (Fsp3) is 0.222. The predicted octanol–water partition coefficient (Wildman–Crippen LogP) is 3.95. The zero-order chi connectivity index (χ0) is 21.2. The van der Waals surface area contributed by atoms with Crippen LogP contribution in [0.5, 0.6) is 0 Å². The largest absolute Gasteiger partial charge is 0.462 e. The highest BCUT2D eigenvalue weighted by Crippen LogP contribution is 2.33. The fourth-order valence-electron chi connectivity index (χ4n) is 2.56. The number of alkyl halides is 3. The van der Waals surface area contributed by atoms with E-state index in [-0.39, 0.29) is 18.0 Å². The van der Waals surface area contributed by atoms with Gasteiger partial charge in [0.1, 0.15) is 16.0 Å². The molecule has 0 spiro atoms. The third-order valence-corrected chi connectivity index (χ3v) is 5.14. The molecule has 29 heavy (non-hydrogen) atoms. The van der Waals surface area contributed by atoms with Gasteiger partial charge in [0.05, 0.1) is 17.6 Å². The van der Waals surface area contributed by atoms with Crippen molar-refractivity contribution < 1.29 is 27.5 Å². The number of nitrogens with one attached hydrogen (secondary N) is 2. The van der Waals surface area contributed by atoms with Crippen molar-refractivity contribution >= 4 is 39.2 Å². The molecule has 1 aromatic carbocycles. The van der Waals surface area contributed by atoms with Gasteiger partial charge < -0.3 is 4.74 Å². The number of thiophene rings is 1. The summed E-state index contributed by atoms with van der Waals surface area (Å²) in [7, 11) is 0. The molecule has 0 aliphatic rings. The summed E-state index contributed by atoms with van der Waals surface area (Å²) in [5.41, 5.74) is 4.80. The number of rotatable bonds is 5. The summed E-state index contributed by atoms with van der Waals surface area (Å²) in [5.74, 6) is -0.878. The van der Waals surface area contributed by atoms with Crippen molar-refractivity contribution in [1.29, 1.82) is 0 Å². The molecule has 0 saturated carbocycles. The van der Waals surface area contributed by atoms with Crippen LogP contribution in [-0.4, -0.2) is 28.5 Å². The monoisotopic (exact) mass is 424 g/mol. The van der Waals surface area contributed by atoms with Gasteiger partial charge >= 0.3 is 12.1 Å². The summed E-state index contributed by atoms with van der Waals surface area (Å²) in [4.78, 5) is 33.4. The third kappa shape index (κ3) is 4.29. The Bertz CT molecular complexity index is 1060. The Morgan fingerprint density at radius 1 is 1.17 bits per heavy atom. The van der Waals surface area contributed by atoms with Crippen LogP contribution in [0.3, 0.4) is 0 Å². The Balaban J connectivity index is 1.80. The molecule has 0 atom stereocenters. The number of ether oxygens (including phenoxy) is 1. The van der Waals surface area contributed by atoms with E-state index >= 15 is 0 Å². The minimum atomic E-state index is -4.48. The van der Waals surface area contributed by atoms with E-state index in [9.17, 15) is 22.8 Å². The van der Waals surface area contributed by atoms with Gasteiger partial charge in [-0.05, 0) is 43.7 Å². The van der Waals surface area contributed by atoms with Gasteiger partial charge in [-0.2, -0.15) is 13.2 Å². The molecule has 152 valence electrons. The minimum absolute atomic E-state index is 0.0325. The molecule has 11 heteroatoms.